The summed E-state index contributed by atoms with van der Waals surface area (Å²) in [7, 11) is 1.62. The first kappa shape index (κ1) is 18.0. The van der Waals surface area contributed by atoms with Crippen molar-refractivity contribution >= 4 is 17.6 Å². The fourth-order valence-corrected chi connectivity index (χ4v) is 2.99. The lowest BCUT2D eigenvalue weighted by Gasteiger charge is -2.10. The molecule has 0 unspecified atom stereocenters. The molecule has 0 aliphatic carbocycles. The van der Waals surface area contributed by atoms with Gasteiger partial charge in [-0.2, -0.15) is 5.10 Å². The highest BCUT2D eigenvalue weighted by Crippen LogP contribution is 2.32. The number of para-hydroxylation sites is 1. The van der Waals surface area contributed by atoms with Crippen LogP contribution in [-0.4, -0.2) is 29.5 Å². The van der Waals surface area contributed by atoms with Crippen LogP contribution in [0.1, 0.15) is 23.0 Å². The number of ether oxygens (including phenoxy) is 2. The quantitative estimate of drug-likeness (QED) is 0.611. The van der Waals surface area contributed by atoms with Gasteiger partial charge in [-0.1, -0.05) is 23.7 Å². The van der Waals surface area contributed by atoms with Crippen LogP contribution in [0, 0.1) is 6.92 Å². The molecule has 0 spiro atoms. The van der Waals surface area contributed by atoms with E-state index in [-0.39, 0.29) is 12.3 Å². The summed E-state index contributed by atoms with van der Waals surface area (Å²) in [6.07, 6.45) is 0. The SMILES string of the molecule is CCOC(=O)c1nn(-c2ccccc2Cl)c(-c2ccc(OC)cc2)c1C. The van der Waals surface area contributed by atoms with Crippen LogP contribution < -0.4 is 4.74 Å². The fourth-order valence-electron chi connectivity index (χ4n) is 2.77. The minimum atomic E-state index is -0.453. The van der Waals surface area contributed by atoms with E-state index in [0.717, 1.165) is 22.6 Å². The van der Waals surface area contributed by atoms with Gasteiger partial charge < -0.3 is 9.47 Å². The molecule has 0 bridgehead atoms. The average molecular weight is 371 g/mol. The third-order valence-corrected chi connectivity index (χ3v) is 4.35. The van der Waals surface area contributed by atoms with E-state index in [0.29, 0.717) is 10.7 Å². The molecule has 0 atom stereocenters. The summed E-state index contributed by atoms with van der Waals surface area (Å²) in [6.45, 7) is 3.91. The van der Waals surface area contributed by atoms with Crippen molar-refractivity contribution in [2.75, 3.05) is 13.7 Å². The maximum absolute atomic E-state index is 12.3. The molecule has 0 aliphatic rings. The lowest BCUT2D eigenvalue weighted by Crippen LogP contribution is -2.07. The predicted octanol–water partition coefficient (Wildman–Crippen LogP) is 4.69. The number of rotatable bonds is 5. The predicted molar refractivity (Wildman–Crippen MR) is 101 cm³/mol. The number of hydrogen-bond acceptors (Lipinski definition) is 4. The molecular formula is C20H19ClN2O3. The molecule has 134 valence electrons. The van der Waals surface area contributed by atoms with E-state index in [1.54, 1.807) is 24.8 Å². The Morgan fingerprint density at radius 3 is 2.46 bits per heavy atom. The van der Waals surface area contributed by atoms with Gasteiger partial charge >= 0.3 is 5.97 Å². The van der Waals surface area contributed by atoms with Crippen LogP contribution in [0.5, 0.6) is 5.75 Å². The van der Waals surface area contributed by atoms with Crippen molar-refractivity contribution in [1.29, 1.82) is 0 Å². The second-order valence-electron chi connectivity index (χ2n) is 5.63. The Morgan fingerprint density at radius 2 is 1.85 bits per heavy atom. The first-order chi connectivity index (χ1) is 12.6. The van der Waals surface area contributed by atoms with Crippen molar-refractivity contribution in [3.05, 3.63) is 64.8 Å². The minimum Gasteiger partial charge on any atom is -0.497 e. The summed E-state index contributed by atoms with van der Waals surface area (Å²) >= 11 is 6.37. The summed E-state index contributed by atoms with van der Waals surface area (Å²) in [4.78, 5) is 12.3. The van der Waals surface area contributed by atoms with Crippen LogP contribution in [0.25, 0.3) is 16.9 Å². The van der Waals surface area contributed by atoms with E-state index in [1.165, 1.54) is 0 Å². The molecule has 0 amide bonds. The maximum Gasteiger partial charge on any atom is 0.359 e. The lowest BCUT2D eigenvalue weighted by molar-refractivity contribution is 0.0518. The van der Waals surface area contributed by atoms with Crippen molar-refractivity contribution in [3.63, 3.8) is 0 Å². The molecule has 0 fully saturated rings. The Morgan fingerprint density at radius 1 is 1.15 bits per heavy atom. The average Bonchev–Trinajstić information content (AvgIpc) is 2.99. The molecular weight excluding hydrogens is 352 g/mol. The van der Waals surface area contributed by atoms with Crippen LogP contribution in [0.2, 0.25) is 5.02 Å². The van der Waals surface area contributed by atoms with Gasteiger partial charge in [-0.05, 0) is 50.2 Å². The van der Waals surface area contributed by atoms with Gasteiger partial charge in [0.05, 0.1) is 30.1 Å². The highest BCUT2D eigenvalue weighted by Gasteiger charge is 2.23. The highest BCUT2D eigenvalue weighted by atomic mass is 35.5. The Kier molecular flexibility index (Phi) is 5.28. The number of aromatic nitrogens is 2. The number of nitrogens with zero attached hydrogens (tertiary/aromatic N) is 2. The van der Waals surface area contributed by atoms with Gasteiger partial charge in [0.1, 0.15) is 5.75 Å². The summed E-state index contributed by atoms with van der Waals surface area (Å²) in [5, 5.41) is 5.05. The Labute approximate surface area is 157 Å². The second kappa shape index (κ2) is 7.62. The van der Waals surface area contributed by atoms with E-state index >= 15 is 0 Å². The van der Waals surface area contributed by atoms with E-state index in [2.05, 4.69) is 5.10 Å². The molecule has 5 nitrogen and oxygen atoms in total. The topological polar surface area (TPSA) is 53.3 Å². The molecule has 0 saturated carbocycles. The van der Waals surface area contributed by atoms with E-state index < -0.39 is 5.97 Å². The van der Waals surface area contributed by atoms with Gasteiger partial charge in [0.2, 0.25) is 0 Å². The van der Waals surface area contributed by atoms with E-state index in [9.17, 15) is 4.79 Å². The smallest absolute Gasteiger partial charge is 0.359 e. The summed E-state index contributed by atoms with van der Waals surface area (Å²) in [5.74, 6) is 0.298. The number of hydrogen-bond donors (Lipinski definition) is 0. The molecule has 0 saturated heterocycles. The monoisotopic (exact) mass is 370 g/mol. The van der Waals surface area contributed by atoms with Gasteiger partial charge in [0.15, 0.2) is 5.69 Å². The van der Waals surface area contributed by atoms with Crippen LogP contribution in [0.3, 0.4) is 0 Å². The Hall–Kier alpha value is -2.79. The molecule has 1 aromatic heterocycles. The van der Waals surface area contributed by atoms with Gasteiger partial charge in [0.25, 0.3) is 0 Å². The largest absolute Gasteiger partial charge is 0.497 e. The van der Waals surface area contributed by atoms with E-state index in [1.807, 2.05) is 49.4 Å². The molecule has 0 N–H and O–H groups in total. The zero-order valence-corrected chi connectivity index (χ0v) is 15.6. The molecule has 2 aromatic carbocycles. The van der Waals surface area contributed by atoms with Crippen LogP contribution in [0.15, 0.2) is 48.5 Å². The van der Waals surface area contributed by atoms with Crippen molar-refractivity contribution in [3.8, 4) is 22.7 Å². The first-order valence-corrected chi connectivity index (χ1v) is 8.60. The van der Waals surface area contributed by atoms with Crippen molar-refractivity contribution < 1.29 is 14.3 Å². The molecule has 1 heterocycles. The number of halogens is 1. The van der Waals surface area contributed by atoms with Crippen LogP contribution >= 0.6 is 11.6 Å². The number of esters is 1. The number of methoxy groups -OCH3 is 1. The van der Waals surface area contributed by atoms with Gasteiger partial charge in [-0.15, -0.1) is 0 Å². The zero-order chi connectivity index (χ0) is 18.7. The molecule has 3 aromatic rings. The first-order valence-electron chi connectivity index (χ1n) is 8.22. The maximum atomic E-state index is 12.3. The Balaban J connectivity index is 2.23. The molecule has 3 rings (SSSR count). The standard InChI is InChI=1S/C20H19ClN2O3/c1-4-26-20(24)18-13(2)19(14-9-11-15(25-3)12-10-14)23(22-18)17-8-6-5-7-16(17)21/h5-12H,4H2,1-3H3. The molecule has 0 aliphatic heterocycles. The lowest BCUT2D eigenvalue weighted by atomic mass is 10.1. The zero-order valence-electron chi connectivity index (χ0n) is 14.8. The number of carbonyl (C=O) groups excluding carboxylic acids is 1. The third-order valence-electron chi connectivity index (χ3n) is 4.04. The molecule has 6 heteroatoms. The number of benzene rings is 2. The van der Waals surface area contributed by atoms with Crippen LogP contribution in [-0.2, 0) is 4.74 Å². The van der Waals surface area contributed by atoms with Crippen molar-refractivity contribution in [2.24, 2.45) is 0 Å². The fraction of sp³-hybridized carbons (Fsp3) is 0.200. The summed E-state index contributed by atoms with van der Waals surface area (Å²) in [6, 6.07) is 14.9. The van der Waals surface area contributed by atoms with Gasteiger partial charge in [0, 0.05) is 11.1 Å². The number of carbonyl (C=O) groups is 1. The van der Waals surface area contributed by atoms with Gasteiger partial charge in [-0.25, -0.2) is 9.48 Å². The van der Waals surface area contributed by atoms with Crippen molar-refractivity contribution in [2.45, 2.75) is 13.8 Å². The normalized spacial score (nSPS) is 10.6. The highest BCUT2D eigenvalue weighted by molar-refractivity contribution is 6.32. The van der Waals surface area contributed by atoms with Gasteiger partial charge in [-0.3, -0.25) is 0 Å². The Bertz CT molecular complexity index is 933. The molecule has 0 radical (unpaired) electrons. The summed E-state index contributed by atoms with van der Waals surface area (Å²) in [5.41, 5.74) is 3.37. The minimum absolute atomic E-state index is 0.276. The third kappa shape index (κ3) is 3.30. The van der Waals surface area contributed by atoms with Crippen molar-refractivity contribution in [1.82, 2.24) is 9.78 Å². The molecule has 26 heavy (non-hydrogen) atoms. The summed E-state index contributed by atoms with van der Waals surface area (Å²) < 4.78 is 12.1. The van der Waals surface area contributed by atoms with E-state index in [4.69, 9.17) is 21.1 Å². The van der Waals surface area contributed by atoms with Crippen LogP contribution in [0.4, 0.5) is 0 Å². The second-order valence-corrected chi connectivity index (χ2v) is 6.04.